The fourth-order valence-corrected chi connectivity index (χ4v) is 6.46. The molecule has 4 atom stereocenters. The van der Waals surface area contributed by atoms with Crippen molar-refractivity contribution >= 4 is 24.1 Å². The number of nitrogens with one attached hydrogen (secondary N) is 2. The molecule has 6 nitrogen and oxygen atoms in total. The molecule has 214 valence electrons. The highest BCUT2D eigenvalue weighted by Gasteiger charge is 2.33. The molecule has 1 aliphatic heterocycles. The van der Waals surface area contributed by atoms with E-state index < -0.39 is 6.10 Å². The number of carbonyl (C=O) groups excluding carboxylic acids is 2. The summed E-state index contributed by atoms with van der Waals surface area (Å²) in [6.07, 6.45) is 6.79. The van der Waals surface area contributed by atoms with Crippen molar-refractivity contribution < 1.29 is 14.7 Å². The minimum atomic E-state index is -0.598. The number of β-amino-alcohol motifs (C(OH)–C–C–N with tert-alkyl or cyclic N) is 1. The number of amides is 2. The van der Waals surface area contributed by atoms with Gasteiger partial charge in [-0.25, -0.2) is 0 Å². The number of benzene rings is 2. The molecule has 0 radical (unpaired) electrons. The number of fused-ring (bicyclic) bond motifs is 1. The lowest BCUT2D eigenvalue weighted by atomic mass is 9.75. The second-order valence-electron chi connectivity index (χ2n) is 12.0. The minimum absolute atomic E-state index is 0.0677. The molecule has 2 fully saturated rings. The van der Waals surface area contributed by atoms with Crippen LogP contribution in [-0.2, 0) is 4.79 Å². The largest absolute Gasteiger partial charge is 0.390 e. The number of aryl methyl sites for hydroxylation is 1. The summed E-state index contributed by atoms with van der Waals surface area (Å²) in [6.45, 7) is 10.5. The van der Waals surface area contributed by atoms with Crippen LogP contribution in [0.3, 0.4) is 0 Å². The van der Waals surface area contributed by atoms with Gasteiger partial charge in [0, 0.05) is 34.8 Å². The number of nitrogens with zero attached hydrogens (tertiary/aromatic N) is 1. The number of rotatable bonds is 9. The van der Waals surface area contributed by atoms with Gasteiger partial charge in [-0.05, 0) is 82.7 Å². The number of aliphatic hydroxyl groups excluding tert-OH is 1. The Hall–Kier alpha value is -2.35. The van der Waals surface area contributed by atoms with Crippen molar-refractivity contribution in [3.8, 4) is 0 Å². The van der Waals surface area contributed by atoms with E-state index >= 15 is 0 Å². The van der Waals surface area contributed by atoms with Crippen molar-refractivity contribution in [2.75, 3.05) is 25.4 Å². The van der Waals surface area contributed by atoms with Gasteiger partial charge in [0.25, 0.3) is 5.91 Å². The maximum atomic E-state index is 13.0. The summed E-state index contributed by atoms with van der Waals surface area (Å²) < 4.78 is 0. The van der Waals surface area contributed by atoms with Crippen LogP contribution in [-0.4, -0.2) is 65.4 Å². The number of hydrogen-bond acceptors (Lipinski definition) is 5. The van der Waals surface area contributed by atoms with Crippen molar-refractivity contribution in [3.05, 3.63) is 65.7 Å². The van der Waals surface area contributed by atoms with Gasteiger partial charge < -0.3 is 20.6 Å². The first-order chi connectivity index (χ1) is 18.7. The van der Waals surface area contributed by atoms with Gasteiger partial charge in [0.2, 0.25) is 6.41 Å². The van der Waals surface area contributed by atoms with Crippen LogP contribution in [0.1, 0.15) is 68.8 Å². The van der Waals surface area contributed by atoms with Gasteiger partial charge in [-0.3, -0.25) is 9.59 Å². The molecule has 1 saturated carbocycles. The van der Waals surface area contributed by atoms with E-state index in [2.05, 4.69) is 27.7 Å². The summed E-state index contributed by atoms with van der Waals surface area (Å²) >= 11 is 1.69. The Balaban J connectivity index is 0.000000532. The molecule has 1 aliphatic carbocycles. The molecule has 39 heavy (non-hydrogen) atoms. The number of thioether (sulfide) groups is 1. The number of carbonyl (C=O) groups is 2. The van der Waals surface area contributed by atoms with Gasteiger partial charge in [-0.2, -0.15) is 0 Å². The van der Waals surface area contributed by atoms with E-state index in [9.17, 15) is 14.7 Å². The second kappa shape index (κ2) is 15.4. The normalized spacial score (nSPS) is 20.9. The monoisotopic (exact) mass is 553 g/mol. The van der Waals surface area contributed by atoms with Gasteiger partial charge in [0.15, 0.2) is 0 Å². The number of hydrogen-bond donors (Lipinski definition) is 3. The first-order valence-corrected chi connectivity index (χ1v) is 15.3. The zero-order valence-electron chi connectivity index (χ0n) is 24.1. The van der Waals surface area contributed by atoms with Crippen LogP contribution < -0.4 is 10.6 Å². The summed E-state index contributed by atoms with van der Waals surface area (Å²) in [5.74, 6) is 2.19. The first-order valence-electron chi connectivity index (χ1n) is 14.3. The topological polar surface area (TPSA) is 81.7 Å². The molecule has 1 heterocycles. The third-order valence-electron chi connectivity index (χ3n) is 7.66. The van der Waals surface area contributed by atoms with E-state index in [1.165, 1.54) is 32.1 Å². The van der Waals surface area contributed by atoms with E-state index in [1.807, 2.05) is 70.2 Å². The zero-order chi connectivity index (χ0) is 28.3. The van der Waals surface area contributed by atoms with Crippen LogP contribution in [0, 0.1) is 18.8 Å². The first kappa shape index (κ1) is 31.2. The Bertz CT molecular complexity index is 1030. The van der Waals surface area contributed by atoms with Crippen LogP contribution >= 0.6 is 11.8 Å². The Kier molecular flexibility index (Phi) is 12.3. The SMILES string of the molecule is CC(C)(C)NC=O.Cc1ccccc1C(=O)NC(CSc1ccccc1)C(O)CN1CCC2CCCC[C@@H]2C1. The second-order valence-corrected chi connectivity index (χ2v) is 13.0. The quantitative estimate of drug-likeness (QED) is 0.290. The van der Waals surface area contributed by atoms with Crippen molar-refractivity contribution in [1.29, 1.82) is 0 Å². The van der Waals surface area contributed by atoms with Crippen molar-refractivity contribution in [3.63, 3.8) is 0 Å². The number of likely N-dealkylation sites (tertiary alicyclic amines) is 1. The molecule has 2 aliphatic rings. The molecule has 2 amide bonds. The van der Waals surface area contributed by atoms with Crippen LogP contribution in [0.5, 0.6) is 0 Å². The standard InChI is InChI=1S/C27H36N2O2S.C5H11NO/c1-20-9-5-8-14-24(20)27(31)28-25(19-32-23-12-3-2-4-13-23)26(30)18-29-16-15-21-10-6-7-11-22(21)17-29;1-5(2,3)6-4-7/h2-5,8-9,12-14,21-22,25-26,30H,6-7,10-11,15-19H2,1H3,(H,28,31);4H,1-3H3,(H,6,7)/t21?,22-,25?,26?;/m1./s1. The average Bonchev–Trinajstić information content (AvgIpc) is 2.91. The third kappa shape index (κ3) is 10.6. The van der Waals surface area contributed by atoms with E-state index in [1.54, 1.807) is 11.8 Å². The Morgan fingerprint density at radius 2 is 1.72 bits per heavy atom. The molecular weight excluding hydrogens is 506 g/mol. The molecular formula is C32H47N3O3S. The van der Waals surface area contributed by atoms with Crippen LogP contribution in [0.4, 0.5) is 0 Å². The van der Waals surface area contributed by atoms with Crippen LogP contribution in [0.15, 0.2) is 59.5 Å². The van der Waals surface area contributed by atoms with E-state index in [0.29, 0.717) is 24.3 Å². The average molecular weight is 554 g/mol. The zero-order valence-corrected chi connectivity index (χ0v) is 24.9. The number of aliphatic hydroxyl groups is 1. The Morgan fingerprint density at radius 1 is 1.05 bits per heavy atom. The lowest BCUT2D eigenvalue weighted by molar-refractivity contribution is -0.110. The molecule has 2 aromatic carbocycles. The summed E-state index contributed by atoms with van der Waals surface area (Å²) in [6, 6.07) is 17.5. The number of piperidine rings is 1. The van der Waals surface area contributed by atoms with Gasteiger partial charge in [0.05, 0.1) is 12.1 Å². The van der Waals surface area contributed by atoms with Gasteiger partial charge in [-0.1, -0.05) is 55.7 Å². The predicted octanol–water partition coefficient (Wildman–Crippen LogP) is 5.29. The summed E-state index contributed by atoms with van der Waals surface area (Å²) in [4.78, 5) is 26.3. The van der Waals surface area contributed by atoms with Crippen LogP contribution in [0.25, 0.3) is 0 Å². The highest BCUT2D eigenvalue weighted by atomic mass is 32.2. The van der Waals surface area contributed by atoms with E-state index in [4.69, 9.17) is 0 Å². The summed E-state index contributed by atoms with van der Waals surface area (Å²) in [7, 11) is 0. The maximum absolute atomic E-state index is 13.0. The highest BCUT2D eigenvalue weighted by Crippen LogP contribution is 2.36. The molecule has 3 N–H and O–H groups in total. The third-order valence-corrected chi connectivity index (χ3v) is 8.79. The smallest absolute Gasteiger partial charge is 0.251 e. The lowest BCUT2D eigenvalue weighted by Crippen LogP contribution is -2.52. The van der Waals surface area contributed by atoms with Gasteiger partial charge in [-0.15, -0.1) is 11.8 Å². The molecule has 0 bridgehead atoms. The molecule has 4 rings (SSSR count). The molecule has 3 unspecified atom stereocenters. The highest BCUT2D eigenvalue weighted by molar-refractivity contribution is 7.99. The van der Waals surface area contributed by atoms with Crippen molar-refractivity contribution in [2.45, 2.75) is 82.4 Å². The van der Waals surface area contributed by atoms with E-state index in [0.717, 1.165) is 35.4 Å². The molecule has 0 spiro atoms. The predicted molar refractivity (Wildman–Crippen MR) is 161 cm³/mol. The Labute approximate surface area is 239 Å². The van der Waals surface area contributed by atoms with Gasteiger partial charge in [0.1, 0.15) is 0 Å². The minimum Gasteiger partial charge on any atom is -0.390 e. The Morgan fingerprint density at radius 3 is 2.36 bits per heavy atom. The van der Waals surface area contributed by atoms with Crippen molar-refractivity contribution in [1.82, 2.24) is 15.5 Å². The summed E-state index contributed by atoms with van der Waals surface area (Å²) in [5, 5.41) is 17.0. The molecule has 2 aromatic rings. The molecule has 0 aromatic heterocycles. The summed E-state index contributed by atoms with van der Waals surface area (Å²) in [5.41, 5.74) is 1.56. The van der Waals surface area contributed by atoms with Crippen molar-refractivity contribution in [2.24, 2.45) is 11.8 Å². The van der Waals surface area contributed by atoms with Gasteiger partial charge >= 0.3 is 0 Å². The van der Waals surface area contributed by atoms with E-state index in [-0.39, 0.29) is 17.5 Å². The molecule has 1 saturated heterocycles. The molecule has 7 heteroatoms. The lowest BCUT2D eigenvalue weighted by Gasteiger charge is -2.42. The fraction of sp³-hybridized carbons (Fsp3) is 0.562. The van der Waals surface area contributed by atoms with Crippen LogP contribution in [0.2, 0.25) is 0 Å². The maximum Gasteiger partial charge on any atom is 0.251 e. The fourth-order valence-electron chi connectivity index (χ4n) is 5.44.